The van der Waals surface area contributed by atoms with Crippen molar-refractivity contribution in [2.24, 2.45) is 11.7 Å². The van der Waals surface area contributed by atoms with Crippen molar-refractivity contribution in [3.63, 3.8) is 0 Å². The van der Waals surface area contributed by atoms with Crippen molar-refractivity contribution in [2.75, 3.05) is 20.3 Å². The van der Waals surface area contributed by atoms with Crippen LogP contribution in [0.2, 0.25) is 0 Å². The van der Waals surface area contributed by atoms with E-state index in [2.05, 4.69) is 4.98 Å². The zero-order valence-corrected chi connectivity index (χ0v) is 11.9. The first-order valence-electron chi connectivity index (χ1n) is 6.49. The molecule has 0 aliphatic carbocycles. The molecule has 1 atom stereocenters. The van der Waals surface area contributed by atoms with Gasteiger partial charge in [0.2, 0.25) is 5.91 Å². The lowest BCUT2D eigenvalue weighted by Gasteiger charge is -2.26. The summed E-state index contributed by atoms with van der Waals surface area (Å²) in [7, 11) is 1.62. The summed E-state index contributed by atoms with van der Waals surface area (Å²) in [6, 6.07) is 5.17. The van der Waals surface area contributed by atoms with E-state index < -0.39 is 6.04 Å². The highest BCUT2D eigenvalue weighted by Gasteiger charge is 2.23. The van der Waals surface area contributed by atoms with Gasteiger partial charge in [-0.1, -0.05) is 19.9 Å². The summed E-state index contributed by atoms with van der Waals surface area (Å²) in [5, 5.41) is 0. The average Bonchev–Trinajstić information content (AvgIpc) is 2.42. The number of rotatable bonds is 7. The number of methoxy groups -OCH3 is 1. The highest BCUT2D eigenvalue weighted by Crippen LogP contribution is 2.07. The summed E-state index contributed by atoms with van der Waals surface area (Å²) < 4.78 is 5.05. The third kappa shape index (κ3) is 4.96. The van der Waals surface area contributed by atoms with Crippen molar-refractivity contribution in [1.82, 2.24) is 9.88 Å². The van der Waals surface area contributed by atoms with Crippen LogP contribution in [0.25, 0.3) is 0 Å². The van der Waals surface area contributed by atoms with E-state index in [0.29, 0.717) is 19.7 Å². The second-order valence-corrected chi connectivity index (χ2v) is 4.84. The minimum atomic E-state index is -0.486. The van der Waals surface area contributed by atoms with E-state index in [4.69, 9.17) is 10.5 Å². The number of carbonyl (C=O) groups excluding carboxylic acids is 1. The summed E-state index contributed by atoms with van der Waals surface area (Å²) in [4.78, 5) is 18.3. The van der Waals surface area contributed by atoms with Gasteiger partial charge in [-0.15, -0.1) is 0 Å². The predicted molar refractivity (Wildman–Crippen MR) is 74.3 cm³/mol. The van der Waals surface area contributed by atoms with E-state index in [1.54, 1.807) is 18.2 Å². The standard InChI is InChI=1S/C14H23N3O2/c1-11(2)13(15)14(18)17(8-9-19-3)10-12-6-4-5-7-16-12/h4-7,11,13H,8-10,15H2,1-3H3/t13-/m1/s1. The monoisotopic (exact) mass is 265 g/mol. The van der Waals surface area contributed by atoms with Crippen LogP contribution in [-0.2, 0) is 16.1 Å². The Morgan fingerprint density at radius 3 is 2.74 bits per heavy atom. The first kappa shape index (κ1) is 15.6. The fourth-order valence-electron chi connectivity index (χ4n) is 1.65. The lowest BCUT2D eigenvalue weighted by Crippen LogP contribution is -2.47. The molecule has 2 N–H and O–H groups in total. The maximum Gasteiger partial charge on any atom is 0.240 e. The van der Waals surface area contributed by atoms with Crippen molar-refractivity contribution in [3.8, 4) is 0 Å². The molecule has 0 spiro atoms. The molecule has 19 heavy (non-hydrogen) atoms. The Bertz CT molecular complexity index is 382. The normalized spacial score (nSPS) is 12.5. The number of hydrogen-bond acceptors (Lipinski definition) is 4. The summed E-state index contributed by atoms with van der Waals surface area (Å²) in [6.07, 6.45) is 1.72. The largest absolute Gasteiger partial charge is 0.383 e. The Kier molecular flexibility index (Phi) is 6.45. The van der Waals surface area contributed by atoms with Gasteiger partial charge < -0.3 is 15.4 Å². The number of aromatic nitrogens is 1. The predicted octanol–water partition coefficient (Wildman–Crippen LogP) is 1.04. The molecular weight excluding hydrogens is 242 g/mol. The molecule has 0 aliphatic heterocycles. The molecule has 5 nitrogen and oxygen atoms in total. The topological polar surface area (TPSA) is 68.5 Å². The summed E-state index contributed by atoms with van der Waals surface area (Å²) in [5.74, 6) is 0.0546. The summed E-state index contributed by atoms with van der Waals surface area (Å²) >= 11 is 0. The van der Waals surface area contributed by atoms with Crippen LogP contribution in [0.5, 0.6) is 0 Å². The highest BCUT2D eigenvalue weighted by atomic mass is 16.5. The molecule has 1 aromatic rings. The van der Waals surface area contributed by atoms with Gasteiger partial charge >= 0.3 is 0 Å². The minimum Gasteiger partial charge on any atom is -0.383 e. The molecule has 0 radical (unpaired) electrons. The number of ether oxygens (including phenoxy) is 1. The van der Waals surface area contributed by atoms with Gasteiger partial charge in [0.15, 0.2) is 0 Å². The van der Waals surface area contributed by atoms with Gasteiger partial charge in [-0.05, 0) is 18.1 Å². The van der Waals surface area contributed by atoms with Gasteiger partial charge in [-0.25, -0.2) is 0 Å². The van der Waals surface area contributed by atoms with Gasteiger partial charge in [-0.3, -0.25) is 9.78 Å². The molecule has 0 unspecified atom stereocenters. The Balaban J connectivity index is 2.74. The van der Waals surface area contributed by atoms with E-state index in [-0.39, 0.29) is 11.8 Å². The van der Waals surface area contributed by atoms with Crippen LogP contribution in [-0.4, -0.2) is 42.1 Å². The van der Waals surface area contributed by atoms with Crippen molar-refractivity contribution in [3.05, 3.63) is 30.1 Å². The van der Waals surface area contributed by atoms with Crippen LogP contribution in [0, 0.1) is 5.92 Å². The van der Waals surface area contributed by atoms with Gasteiger partial charge in [-0.2, -0.15) is 0 Å². The van der Waals surface area contributed by atoms with Crippen LogP contribution < -0.4 is 5.73 Å². The molecule has 0 aliphatic rings. The van der Waals surface area contributed by atoms with Crippen molar-refractivity contribution in [2.45, 2.75) is 26.4 Å². The van der Waals surface area contributed by atoms with Gasteiger partial charge in [0.05, 0.1) is 24.9 Å². The fraction of sp³-hybridized carbons (Fsp3) is 0.571. The summed E-state index contributed by atoms with van der Waals surface area (Å²) in [6.45, 7) is 5.36. The average molecular weight is 265 g/mol. The first-order valence-corrected chi connectivity index (χ1v) is 6.49. The zero-order valence-electron chi connectivity index (χ0n) is 11.9. The second kappa shape index (κ2) is 7.86. The molecule has 1 rings (SSSR count). The quantitative estimate of drug-likeness (QED) is 0.800. The molecule has 0 bridgehead atoms. The van der Waals surface area contributed by atoms with Crippen LogP contribution in [0.15, 0.2) is 24.4 Å². The number of amides is 1. The van der Waals surface area contributed by atoms with E-state index in [9.17, 15) is 4.79 Å². The minimum absolute atomic E-state index is 0.0577. The molecule has 0 fully saturated rings. The lowest BCUT2D eigenvalue weighted by molar-refractivity contribution is -0.134. The molecule has 5 heteroatoms. The summed E-state index contributed by atoms with van der Waals surface area (Å²) in [5.41, 5.74) is 6.78. The van der Waals surface area contributed by atoms with Crippen LogP contribution in [0.3, 0.4) is 0 Å². The van der Waals surface area contributed by atoms with Crippen LogP contribution in [0.1, 0.15) is 19.5 Å². The van der Waals surface area contributed by atoms with E-state index in [1.165, 1.54) is 0 Å². The van der Waals surface area contributed by atoms with Gasteiger partial charge in [0.1, 0.15) is 0 Å². The fourth-order valence-corrected chi connectivity index (χ4v) is 1.65. The maximum absolute atomic E-state index is 12.3. The molecule has 1 heterocycles. The van der Waals surface area contributed by atoms with Crippen molar-refractivity contribution >= 4 is 5.91 Å². The molecule has 0 aromatic carbocycles. The van der Waals surface area contributed by atoms with E-state index >= 15 is 0 Å². The van der Waals surface area contributed by atoms with E-state index in [1.807, 2.05) is 32.0 Å². The van der Waals surface area contributed by atoms with Crippen LogP contribution in [0.4, 0.5) is 0 Å². The second-order valence-electron chi connectivity index (χ2n) is 4.84. The molecule has 106 valence electrons. The molecule has 0 saturated heterocycles. The smallest absolute Gasteiger partial charge is 0.240 e. The van der Waals surface area contributed by atoms with Crippen molar-refractivity contribution in [1.29, 1.82) is 0 Å². The van der Waals surface area contributed by atoms with Crippen LogP contribution >= 0.6 is 0 Å². The number of nitrogens with two attached hydrogens (primary N) is 1. The molecule has 0 saturated carbocycles. The maximum atomic E-state index is 12.3. The lowest BCUT2D eigenvalue weighted by atomic mass is 10.0. The van der Waals surface area contributed by atoms with Crippen molar-refractivity contribution < 1.29 is 9.53 Å². The molecule has 1 aromatic heterocycles. The number of nitrogens with zero attached hydrogens (tertiary/aromatic N) is 2. The number of carbonyl (C=O) groups is 1. The molecular formula is C14H23N3O2. The first-order chi connectivity index (χ1) is 9.06. The molecule has 1 amide bonds. The third-order valence-corrected chi connectivity index (χ3v) is 2.96. The number of pyridine rings is 1. The SMILES string of the molecule is COCCN(Cc1ccccn1)C(=O)[C@H](N)C(C)C. The van der Waals surface area contributed by atoms with Gasteiger partial charge in [0.25, 0.3) is 0 Å². The Hall–Kier alpha value is -1.46. The van der Waals surface area contributed by atoms with E-state index in [0.717, 1.165) is 5.69 Å². The number of hydrogen-bond donors (Lipinski definition) is 1. The van der Waals surface area contributed by atoms with Gasteiger partial charge in [0, 0.05) is 19.9 Å². The highest BCUT2D eigenvalue weighted by molar-refractivity contribution is 5.81. The Labute approximate surface area is 114 Å². The zero-order chi connectivity index (χ0) is 14.3. The Morgan fingerprint density at radius 1 is 1.47 bits per heavy atom. The third-order valence-electron chi connectivity index (χ3n) is 2.96. The Morgan fingerprint density at radius 2 is 2.21 bits per heavy atom.